The van der Waals surface area contributed by atoms with Crippen LogP contribution in [-0.4, -0.2) is 18.1 Å². The summed E-state index contributed by atoms with van der Waals surface area (Å²) >= 11 is 3.40. The van der Waals surface area contributed by atoms with Crippen molar-refractivity contribution in [3.63, 3.8) is 0 Å². The number of aromatic nitrogens is 1. The van der Waals surface area contributed by atoms with Crippen LogP contribution in [0.2, 0.25) is 0 Å². The van der Waals surface area contributed by atoms with Gasteiger partial charge in [0.1, 0.15) is 4.60 Å². The molecule has 0 radical (unpaired) electrons. The molecule has 0 aromatic carbocycles. The molecule has 2 rings (SSSR count). The molecule has 1 aromatic heterocycles. The molecule has 0 spiro atoms. The Labute approximate surface area is 86.9 Å². The lowest BCUT2D eigenvalue weighted by Crippen LogP contribution is -2.28. The van der Waals surface area contributed by atoms with Crippen molar-refractivity contribution in [1.82, 2.24) is 10.3 Å². The van der Waals surface area contributed by atoms with Gasteiger partial charge in [0.15, 0.2) is 0 Å². The van der Waals surface area contributed by atoms with Crippen LogP contribution in [0.3, 0.4) is 0 Å². The lowest BCUT2D eigenvalue weighted by Gasteiger charge is -2.22. The SMILES string of the molecule is Brc1cccc(C2CCCNC2)n1. The van der Waals surface area contributed by atoms with Crippen molar-refractivity contribution in [3.05, 3.63) is 28.5 Å². The highest BCUT2D eigenvalue weighted by molar-refractivity contribution is 9.10. The van der Waals surface area contributed by atoms with Crippen molar-refractivity contribution in [3.8, 4) is 0 Å². The van der Waals surface area contributed by atoms with Crippen LogP contribution in [0.15, 0.2) is 22.8 Å². The Morgan fingerprint density at radius 3 is 3.08 bits per heavy atom. The maximum atomic E-state index is 4.47. The number of rotatable bonds is 1. The number of piperidine rings is 1. The van der Waals surface area contributed by atoms with Gasteiger partial charge in [-0.3, -0.25) is 0 Å². The van der Waals surface area contributed by atoms with Crippen LogP contribution in [0, 0.1) is 0 Å². The summed E-state index contributed by atoms with van der Waals surface area (Å²) in [6.07, 6.45) is 2.52. The zero-order chi connectivity index (χ0) is 9.10. The molecule has 70 valence electrons. The van der Waals surface area contributed by atoms with Crippen molar-refractivity contribution in [1.29, 1.82) is 0 Å². The summed E-state index contributed by atoms with van der Waals surface area (Å²) in [4.78, 5) is 4.47. The smallest absolute Gasteiger partial charge is 0.106 e. The largest absolute Gasteiger partial charge is 0.316 e. The van der Waals surface area contributed by atoms with E-state index in [9.17, 15) is 0 Å². The van der Waals surface area contributed by atoms with Crippen LogP contribution < -0.4 is 5.32 Å². The Hall–Kier alpha value is -0.410. The summed E-state index contributed by atoms with van der Waals surface area (Å²) in [5.74, 6) is 0.603. The minimum atomic E-state index is 0.603. The fourth-order valence-corrected chi connectivity index (χ4v) is 2.11. The monoisotopic (exact) mass is 240 g/mol. The summed E-state index contributed by atoms with van der Waals surface area (Å²) in [7, 11) is 0. The average Bonchev–Trinajstić information content (AvgIpc) is 2.19. The molecule has 1 saturated heterocycles. The molecule has 1 unspecified atom stereocenters. The molecule has 1 N–H and O–H groups in total. The van der Waals surface area contributed by atoms with Crippen LogP contribution >= 0.6 is 15.9 Å². The van der Waals surface area contributed by atoms with E-state index >= 15 is 0 Å². The minimum Gasteiger partial charge on any atom is -0.316 e. The maximum absolute atomic E-state index is 4.47. The van der Waals surface area contributed by atoms with Gasteiger partial charge < -0.3 is 5.32 Å². The van der Waals surface area contributed by atoms with Gasteiger partial charge in [0, 0.05) is 18.2 Å². The summed E-state index contributed by atoms with van der Waals surface area (Å²) < 4.78 is 0.940. The van der Waals surface area contributed by atoms with Crippen molar-refractivity contribution in [2.45, 2.75) is 18.8 Å². The van der Waals surface area contributed by atoms with E-state index in [1.807, 2.05) is 6.07 Å². The predicted octanol–water partition coefficient (Wildman–Crippen LogP) is 2.31. The number of hydrogen-bond donors (Lipinski definition) is 1. The number of pyridine rings is 1. The first-order valence-electron chi connectivity index (χ1n) is 4.69. The molecule has 2 nitrogen and oxygen atoms in total. The fraction of sp³-hybridized carbons (Fsp3) is 0.500. The van der Waals surface area contributed by atoms with Crippen molar-refractivity contribution in [2.75, 3.05) is 13.1 Å². The molecule has 1 fully saturated rings. The van der Waals surface area contributed by atoms with Gasteiger partial charge in [-0.05, 0) is 47.4 Å². The first-order valence-corrected chi connectivity index (χ1v) is 5.49. The van der Waals surface area contributed by atoms with Crippen molar-refractivity contribution >= 4 is 15.9 Å². The Balaban J connectivity index is 2.14. The van der Waals surface area contributed by atoms with E-state index in [-0.39, 0.29) is 0 Å². The zero-order valence-corrected chi connectivity index (χ0v) is 9.05. The summed E-state index contributed by atoms with van der Waals surface area (Å²) in [6.45, 7) is 2.23. The highest BCUT2D eigenvalue weighted by Crippen LogP contribution is 2.22. The van der Waals surface area contributed by atoms with E-state index < -0.39 is 0 Å². The first-order chi connectivity index (χ1) is 6.36. The fourth-order valence-electron chi connectivity index (χ4n) is 1.76. The summed E-state index contributed by atoms with van der Waals surface area (Å²) in [6, 6.07) is 6.14. The van der Waals surface area contributed by atoms with E-state index in [2.05, 4.69) is 38.4 Å². The highest BCUT2D eigenvalue weighted by Gasteiger charge is 2.15. The normalized spacial score (nSPS) is 23.0. The second kappa shape index (κ2) is 4.20. The molecule has 1 atom stereocenters. The number of hydrogen-bond acceptors (Lipinski definition) is 2. The van der Waals surface area contributed by atoms with Crippen LogP contribution in [0.1, 0.15) is 24.5 Å². The summed E-state index contributed by atoms with van der Waals surface area (Å²) in [5.41, 5.74) is 1.21. The quantitative estimate of drug-likeness (QED) is 0.763. The van der Waals surface area contributed by atoms with E-state index in [4.69, 9.17) is 0 Å². The second-order valence-corrected chi connectivity index (χ2v) is 4.24. The predicted molar refractivity (Wildman–Crippen MR) is 56.8 cm³/mol. The summed E-state index contributed by atoms with van der Waals surface area (Å²) in [5, 5.41) is 3.40. The molecule has 1 aliphatic rings. The number of halogens is 1. The number of nitrogens with one attached hydrogen (secondary N) is 1. The van der Waals surface area contributed by atoms with Crippen molar-refractivity contribution < 1.29 is 0 Å². The molecular formula is C10H13BrN2. The molecule has 0 saturated carbocycles. The van der Waals surface area contributed by atoms with E-state index in [0.29, 0.717) is 5.92 Å². The molecule has 0 amide bonds. The van der Waals surface area contributed by atoms with Gasteiger partial charge in [0.2, 0.25) is 0 Å². The van der Waals surface area contributed by atoms with Gasteiger partial charge in [-0.15, -0.1) is 0 Å². The number of nitrogens with zero attached hydrogens (tertiary/aromatic N) is 1. The standard InChI is InChI=1S/C10H13BrN2/c11-10-5-1-4-9(13-10)8-3-2-6-12-7-8/h1,4-5,8,12H,2-3,6-7H2. The third kappa shape index (κ3) is 2.29. The second-order valence-electron chi connectivity index (χ2n) is 3.43. The van der Waals surface area contributed by atoms with Gasteiger partial charge >= 0.3 is 0 Å². The maximum Gasteiger partial charge on any atom is 0.106 e. The van der Waals surface area contributed by atoms with E-state index in [1.54, 1.807) is 0 Å². The van der Waals surface area contributed by atoms with Crippen LogP contribution in [0.5, 0.6) is 0 Å². The lowest BCUT2D eigenvalue weighted by atomic mass is 9.96. The topological polar surface area (TPSA) is 24.9 Å². The van der Waals surface area contributed by atoms with Gasteiger partial charge in [-0.25, -0.2) is 4.98 Å². The third-order valence-electron chi connectivity index (χ3n) is 2.45. The van der Waals surface area contributed by atoms with Crippen LogP contribution in [0.4, 0.5) is 0 Å². The van der Waals surface area contributed by atoms with E-state index in [1.165, 1.54) is 18.5 Å². The Kier molecular flexibility index (Phi) is 2.96. The molecule has 3 heteroatoms. The lowest BCUT2D eigenvalue weighted by molar-refractivity contribution is 0.454. The first kappa shape index (κ1) is 9.16. The third-order valence-corrected chi connectivity index (χ3v) is 2.89. The molecular weight excluding hydrogens is 228 g/mol. The molecule has 0 bridgehead atoms. The molecule has 2 heterocycles. The van der Waals surface area contributed by atoms with Gasteiger partial charge in [-0.2, -0.15) is 0 Å². The Morgan fingerprint density at radius 1 is 1.46 bits per heavy atom. The van der Waals surface area contributed by atoms with Gasteiger partial charge in [-0.1, -0.05) is 6.07 Å². The molecule has 13 heavy (non-hydrogen) atoms. The van der Waals surface area contributed by atoms with Crippen LogP contribution in [0.25, 0.3) is 0 Å². The Bertz CT molecular complexity index is 282. The van der Waals surface area contributed by atoms with E-state index in [0.717, 1.165) is 17.7 Å². The van der Waals surface area contributed by atoms with Crippen LogP contribution in [-0.2, 0) is 0 Å². The average molecular weight is 241 g/mol. The molecule has 0 aliphatic carbocycles. The van der Waals surface area contributed by atoms with Gasteiger partial charge in [0.25, 0.3) is 0 Å². The Morgan fingerprint density at radius 2 is 2.38 bits per heavy atom. The molecule has 1 aromatic rings. The minimum absolute atomic E-state index is 0.603. The zero-order valence-electron chi connectivity index (χ0n) is 7.46. The van der Waals surface area contributed by atoms with Gasteiger partial charge in [0.05, 0.1) is 0 Å². The molecule has 1 aliphatic heterocycles. The highest BCUT2D eigenvalue weighted by atomic mass is 79.9. The van der Waals surface area contributed by atoms with Crippen molar-refractivity contribution in [2.24, 2.45) is 0 Å².